The van der Waals surface area contributed by atoms with E-state index in [0.29, 0.717) is 25.9 Å². The second-order valence-corrected chi connectivity index (χ2v) is 8.49. The molecule has 0 spiro atoms. The minimum Gasteiger partial charge on any atom is -0.379 e. The van der Waals surface area contributed by atoms with Crippen LogP contribution in [-0.4, -0.2) is 67.6 Å². The third-order valence-corrected chi connectivity index (χ3v) is 6.11. The van der Waals surface area contributed by atoms with Crippen molar-refractivity contribution in [1.29, 1.82) is 0 Å². The number of thiophene rings is 1. The van der Waals surface area contributed by atoms with Crippen molar-refractivity contribution in [2.24, 2.45) is 5.92 Å². The summed E-state index contributed by atoms with van der Waals surface area (Å²) in [5, 5.41) is 3.04. The lowest BCUT2D eigenvalue weighted by Gasteiger charge is -2.33. The van der Waals surface area contributed by atoms with Crippen LogP contribution in [0.3, 0.4) is 0 Å². The van der Waals surface area contributed by atoms with E-state index in [1.807, 2.05) is 4.90 Å². The number of nitrogens with one attached hydrogen (secondary N) is 1. The fourth-order valence-electron chi connectivity index (χ4n) is 3.55. The van der Waals surface area contributed by atoms with Crippen LogP contribution in [0, 0.1) is 12.8 Å². The van der Waals surface area contributed by atoms with Crippen molar-refractivity contribution in [3.8, 4) is 0 Å². The maximum absolute atomic E-state index is 12.5. The highest BCUT2D eigenvalue weighted by atomic mass is 32.1. The van der Waals surface area contributed by atoms with Gasteiger partial charge in [0.15, 0.2) is 0 Å². The minimum absolute atomic E-state index is 0.0710. The Labute approximate surface area is 159 Å². The van der Waals surface area contributed by atoms with Crippen LogP contribution in [0.15, 0.2) is 12.1 Å². The number of nitrogens with zero attached hydrogens (tertiary/aromatic N) is 2. The van der Waals surface area contributed by atoms with Crippen LogP contribution in [0.2, 0.25) is 0 Å². The highest BCUT2D eigenvalue weighted by molar-refractivity contribution is 7.11. The zero-order valence-corrected chi connectivity index (χ0v) is 16.4. The van der Waals surface area contributed by atoms with Gasteiger partial charge in [0, 0.05) is 48.9 Å². The van der Waals surface area contributed by atoms with E-state index in [1.165, 1.54) is 9.75 Å². The summed E-state index contributed by atoms with van der Waals surface area (Å²) in [5.41, 5.74) is 0. The van der Waals surface area contributed by atoms with Gasteiger partial charge in [-0.1, -0.05) is 0 Å². The Morgan fingerprint density at radius 3 is 2.85 bits per heavy atom. The van der Waals surface area contributed by atoms with Gasteiger partial charge in [0.2, 0.25) is 11.8 Å². The molecule has 2 aliphatic heterocycles. The number of hydrogen-bond acceptors (Lipinski definition) is 5. The Kier molecular flexibility index (Phi) is 7.05. The first-order valence-electron chi connectivity index (χ1n) is 9.53. The van der Waals surface area contributed by atoms with Crippen LogP contribution in [0.4, 0.5) is 0 Å². The molecule has 3 heterocycles. The van der Waals surface area contributed by atoms with Crippen molar-refractivity contribution in [3.63, 3.8) is 0 Å². The topological polar surface area (TPSA) is 61.9 Å². The van der Waals surface area contributed by atoms with E-state index in [2.05, 4.69) is 29.3 Å². The summed E-state index contributed by atoms with van der Waals surface area (Å²) in [6.45, 7) is 8.48. The molecule has 0 aliphatic carbocycles. The highest BCUT2D eigenvalue weighted by Crippen LogP contribution is 2.19. The van der Waals surface area contributed by atoms with Crippen molar-refractivity contribution in [2.45, 2.75) is 32.7 Å². The molecule has 7 heteroatoms. The minimum atomic E-state index is -0.0860. The van der Waals surface area contributed by atoms with Gasteiger partial charge in [-0.3, -0.25) is 14.5 Å². The van der Waals surface area contributed by atoms with Crippen LogP contribution in [0.5, 0.6) is 0 Å². The third-order valence-electron chi connectivity index (χ3n) is 5.11. The molecule has 2 fully saturated rings. The Morgan fingerprint density at radius 2 is 2.12 bits per heavy atom. The Hall–Kier alpha value is -1.44. The number of piperidine rings is 1. The van der Waals surface area contributed by atoms with Gasteiger partial charge in [0.05, 0.1) is 25.7 Å². The lowest BCUT2D eigenvalue weighted by Crippen LogP contribution is -2.46. The molecular formula is C19H29N3O3S. The molecule has 2 aliphatic rings. The first-order chi connectivity index (χ1) is 12.6. The maximum atomic E-state index is 12.5. The summed E-state index contributed by atoms with van der Waals surface area (Å²) in [4.78, 5) is 31.4. The Morgan fingerprint density at radius 1 is 1.31 bits per heavy atom. The molecule has 2 saturated heterocycles. The number of ether oxygens (including phenoxy) is 1. The molecule has 1 aromatic heterocycles. The first kappa shape index (κ1) is 19.3. The second kappa shape index (κ2) is 9.48. The average Bonchev–Trinajstić information content (AvgIpc) is 3.07. The van der Waals surface area contributed by atoms with Gasteiger partial charge in [0.1, 0.15) is 0 Å². The number of carbonyl (C=O) groups excluding carboxylic acids is 2. The van der Waals surface area contributed by atoms with Crippen molar-refractivity contribution < 1.29 is 14.3 Å². The molecular weight excluding hydrogens is 350 g/mol. The number of rotatable bonds is 7. The van der Waals surface area contributed by atoms with Crippen molar-refractivity contribution >= 4 is 23.2 Å². The predicted octanol–water partition coefficient (Wildman–Crippen LogP) is 1.63. The fraction of sp³-hybridized carbons (Fsp3) is 0.684. The number of hydrogen-bond donors (Lipinski definition) is 1. The summed E-state index contributed by atoms with van der Waals surface area (Å²) in [6, 6.07) is 4.13. The van der Waals surface area contributed by atoms with Gasteiger partial charge in [-0.15, -0.1) is 11.3 Å². The molecule has 6 nitrogen and oxygen atoms in total. The summed E-state index contributed by atoms with van der Waals surface area (Å²) in [5.74, 6) is 0.170. The molecule has 3 rings (SSSR count). The lowest BCUT2D eigenvalue weighted by molar-refractivity contribution is -0.138. The monoisotopic (exact) mass is 379 g/mol. The van der Waals surface area contributed by atoms with Gasteiger partial charge in [-0.2, -0.15) is 0 Å². The molecule has 0 bridgehead atoms. The molecule has 0 saturated carbocycles. The normalized spacial score (nSPS) is 21.8. The van der Waals surface area contributed by atoms with E-state index in [1.54, 1.807) is 11.3 Å². The number of amides is 2. The van der Waals surface area contributed by atoms with E-state index < -0.39 is 0 Å². The molecule has 0 unspecified atom stereocenters. The standard InChI is InChI=1S/C19H29N3O3S/c1-15-3-5-17(26-15)13-20-19(24)16-4-6-18(23)22(14-16)8-2-7-21-9-11-25-12-10-21/h3,5,16H,2,4,6-14H2,1H3,(H,20,24)/t16-/m1/s1. The zero-order chi connectivity index (χ0) is 18.4. The largest absolute Gasteiger partial charge is 0.379 e. The molecule has 1 atom stereocenters. The number of aryl methyl sites for hydroxylation is 1. The summed E-state index contributed by atoms with van der Waals surface area (Å²) >= 11 is 1.71. The Balaban J connectivity index is 1.41. The van der Waals surface area contributed by atoms with Gasteiger partial charge in [-0.05, 0) is 31.9 Å². The molecule has 1 aromatic rings. The highest BCUT2D eigenvalue weighted by Gasteiger charge is 2.29. The van der Waals surface area contributed by atoms with Gasteiger partial charge >= 0.3 is 0 Å². The number of carbonyl (C=O) groups is 2. The Bertz CT molecular complexity index is 613. The molecule has 0 aromatic carbocycles. The SMILES string of the molecule is Cc1ccc(CNC(=O)[C@@H]2CCC(=O)N(CCCN3CCOCC3)C2)s1. The molecule has 26 heavy (non-hydrogen) atoms. The van der Waals surface area contributed by atoms with Gasteiger partial charge < -0.3 is 15.0 Å². The van der Waals surface area contributed by atoms with Gasteiger partial charge in [-0.25, -0.2) is 0 Å². The van der Waals surface area contributed by atoms with Crippen LogP contribution in [0.1, 0.15) is 29.0 Å². The zero-order valence-electron chi connectivity index (χ0n) is 15.5. The van der Waals surface area contributed by atoms with E-state index >= 15 is 0 Å². The van der Waals surface area contributed by atoms with Crippen molar-refractivity contribution in [2.75, 3.05) is 45.9 Å². The van der Waals surface area contributed by atoms with E-state index in [4.69, 9.17) is 4.74 Å². The van der Waals surface area contributed by atoms with Crippen molar-refractivity contribution in [3.05, 3.63) is 21.9 Å². The molecule has 0 radical (unpaired) electrons. The fourth-order valence-corrected chi connectivity index (χ4v) is 4.38. The van der Waals surface area contributed by atoms with E-state index in [-0.39, 0.29) is 17.7 Å². The number of likely N-dealkylation sites (tertiary alicyclic amines) is 1. The molecule has 2 amide bonds. The van der Waals surface area contributed by atoms with Crippen LogP contribution >= 0.6 is 11.3 Å². The van der Waals surface area contributed by atoms with Crippen LogP contribution in [-0.2, 0) is 20.9 Å². The smallest absolute Gasteiger partial charge is 0.225 e. The van der Waals surface area contributed by atoms with Crippen LogP contribution in [0.25, 0.3) is 0 Å². The van der Waals surface area contributed by atoms with E-state index in [0.717, 1.165) is 45.8 Å². The van der Waals surface area contributed by atoms with Crippen LogP contribution < -0.4 is 5.32 Å². The lowest BCUT2D eigenvalue weighted by atomic mass is 9.96. The molecule has 1 N–H and O–H groups in total. The number of morpholine rings is 1. The van der Waals surface area contributed by atoms with Gasteiger partial charge in [0.25, 0.3) is 0 Å². The average molecular weight is 380 g/mol. The summed E-state index contributed by atoms with van der Waals surface area (Å²) in [6.07, 6.45) is 2.09. The predicted molar refractivity (Wildman–Crippen MR) is 102 cm³/mol. The quantitative estimate of drug-likeness (QED) is 0.782. The van der Waals surface area contributed by atoms with Crippen molar-refractivity contribution in [1.82, 2.24) is 15.1 Å². The van der Waals surface area contributed by atoms with E-state index in [9.17, 15) is 9.59 Å². The molecule has 144 valence electrons. The first-order valence-corrected chi connectivity index (χ1v) is 10.3. The maximum Gasteiger partial charge on any atom is 0.225 e. The summed E-state index contributed by atoms with van der Waals surface area (Å²) < 4.78 is 5.36. The summed E-state index contributed by atoms with van der Waals surface area (Å²) in [7, 11) is 0. The third kappa shape index (κ3) is 5.53. The second-order valence-electron chi connectivity index (χ2n) is 7.11.